The van der Waals surface area contributed by atoms with Crippen LogP contribution >= 0.6 is 11.3 Å². The van der Waals surface area contributed by atoms with E-state index in [4.69, 9.17) is 4.74 Å². The number of anilines is 1. The number of nitrogens with one attached hydrogen (secondary N) is 1. The first-order chi connectivity index (χ1) is 12.5. The van der Waals surface area contributed by atoms with Gasteiger partial charge in [0.15, 0.2) is 5.13 Å². The number of aromatic nitrogens is 1. The summed E-state index contributed by atoms with van der Waals surface area (Å²) in [5.74, 6) is -0.601. The van der Waals surface area contributed by atoms with Crippen molar-refractivity contribution < 1.29 is 14.3 Å². The lowest BCUT2D eigenvalue weighted by Gasteiger charge is -2.26. The summed E-state index contributed by atoms with van der Waals surface area (Å²) in [6.45, 7) is 4.61. The van der Waals surface area contributed by atoms with Gasteiger partial charge in [-0.15, -0.1) is 11.3 Å². The van der Waals surface area contributed by atoms with Crippen molar-refractivity contribution in [2.24, 2.45) is 0 Å². The van der Waals surface area contributed by atoms with Crippen LogP contribution in [0.15, 0.2) is 36.5 Å². The van der Waals surface area contributed by atoms with Crippen molar-refractivity contribution in [1.82, 2.24) is 9.88 Å². The zero-order valence-electron chi connectivity index (χ0n) is 15.4. The van der Waals surface area contributed by atoms with Crippen LogP contribution in [0.2, 0.25) is 0 Å². The number of hydrogen-bond donors (Lipinski definition) is 1. The van der Waals surface area contributed by atoms with Gasteiger partial charge < -0.3 is 15.0 Å². The Kier molecular flexibility index (Phi) is 7.74. The Hall–Kier alpha value is -2.25. The van der Waals surface area contributed by atoms with E-state index >= 15 is 0 Å². The molecule has 0 saturated carbocycles. The van der Waals surface area contributed by atoms with Crippen molar-refractivity contribution in [1.29, 1.82) is 0 Å². The number of methoxy groups -OCH3 is 1. The van der Waals surface area contributed by atoms with Crippen LogP contribution in [0.1, 0.15) is 29.7 Å². The zero-order valence-corrected chi connectivity index (χ0v) is 16.2. The van der Waals surface area contributed by atoms with Gasteiger partial charge in [-0.2, -0.15) is 0 Å². The quantitative estimate of drug-likeness (QED) is 0.731. The Morgan fingerprint density at radius 2 is 2.04 bits per heavy atom. The molecule has 0 spiro atoms. The highest BCUT2D eigenvalue weighted by Gasteiger charge is 2.26. The number of benzene rings is 1. The Labute approximate surface area is 158 Å². The van der Waals surface area contributed by atoms with Crippen molar-refractivity contribution in [3.8, 4) is 0 Å². The molecule has 2 rings (SSSR count). The Morgan fingerprint density at radius 1 is 1.31 bits per heavy atom. The lowest BCUT2D eigenvalue weighted by molar-refractivity contribution is -0.136. The maximum atomic E-state index is 13.1. The van der Waals surface area contributed by atoms with E-state index in [2.05, 4.69) is 10.3 Å². The molecule has 1 aromatic heterocycles. The zero-order chi connectivity index (χ0) is 18.9. The molecule has 0 saturated heterocycles. The Morgan fingerprint density at radius 3 is 2.62 bits per heavy atom. The van der Waals surface area contributed by atoms with Gasteiger partial charge in [-0.3, -0.25) is 9.59 Å². The van der Waals surface area contributed by atoms with Crippen LogP contribution in [0.4, 0.5) is 5.13 Å². The summed E-state index contributed by atoms with van der Waals surface area (Å²) in [6, 6.07) is 9.65. The minimum absolute atomic E-state index is 0.0237. The third kappa shape index (κ3) is 5.64. The van der Waals surface area contributed by atoms with Gasteiger partial charge >= 0.3 is 0 Å². The second kappa shape index (κ2) is 10.0. The van der Waals surface area contributed by atoms with Gasteiger partial charge in [-0.1, -0.05) is 37.3 Å². The molecule has 2 aromatic rings. The van der Waals surface area contributed by atoms with Crippen molar-refractivity contribution >= 4 is 28.3 Å². The van der Waals surface area contributed by atoms with Crippen molar-refractivity contribution in [2.45, 2.75) is 26.2 Å². The Bertz CT molecular complexity index is 718. The molecule has 0 fully saturated rings. The van der Waals surface area contributed by atoms with Crippen LogP contribution in [0.5, 0.6) is 0 Å². The predicted octanol–water partition coefficient (Wildman–Crippen LogP) is 3.06. The van der Waals surface area contributed by atoms with E-state index in [1.807, 2.05) is 44.2 Å². The number of aryl methyl sites for hydroxylation is 1. The summed E-state index contributed by atoms with van der Waals surface area (Å²) in [5, 5.41) is 3.30. The third-order valence-corrected chi connectivity index (χ3v) is 4.82. The normalized spacial score (nSPS) is 11.8. The maximum Gasteiger partial charge on any atom is 0.245 e. The fourth-order valence-corrected chi connectivity index (χ4v) is 3.35. The number of carbonyl (C=O) groups excluding carboxylic acids is 2. The molecule has 0 bridgehead atoms. The second-order valence-electron chi connectivity index (χ2n) is 5.95. The summed E-state index contributed by atoms with van der Waals surface area (Å²) in [4.78, 5) is 32.1. The molecular formula is C19H25N3O3S. The van der Waals surface area contributed by atoms with Crippen molar-refractivity contribution in [2.75, 3.05) is 32.1 Å². The van der Waals surface area contributed by atoms with Crippen LogP contribution < -0.4 is 5.32 Å². The summed E-state index contributed by atoms with van der Waals surface area (Å²) in [7, 11) is 1.58. The lowest BCUT2D eigenvalue weighted by atomic mass is 9.95. The largest absolute Gasteiger partial charge is 0.383 e. The first kappa shape index (κ1) is 20.1. The van der Waals surface area contributed by atoms with E-state index in [0.717, 1.165) is 10.4 Å². The van der Waals surface area contributed by atoms with Crippen LogP contribution in [0, 0.1) is 6.92 Å². The summed E-state index contributed by atoms with van der Waals surface area (Å²) < 4.78 is 5.11. The fourth-order valence-electron chi connectivity index (χ4n) is 2.67. The van der Waals surface area contributed by atoms with Crippen molar-refractivity contribution in [3.63, 3.8) is 0 Å². The molecule has 0 radical (unpaired) electrons. The molecule has 0 aliphatic rings. The first-order valence-electron chi connectivity index (χ1n) is 8.60. The van der Waals surface area contributed by atoms with Gasteiger partial charge in [0.2, 0.25) is 11.8 Å². The number of amides is 2. The topological polar surface area (TPSA) is 71.5 Å². The number of rotatable bonds is 9. The minimum Gasteiger partial charge on any atom is -0.383 e. The number of thiazole rings is 1. The number of ether oxygens (including phenoxy) is 1. The van der Waals surface area contributed by atoms with Crippen LogP contribution in [-0.4, -0.2) is 48.5 Å². The molecule has 0 aliphatic carbocycles. The van der Waals surface area contributed by atoms with Gasteiger partial charge in [0.05, 0.1) is 12.5 Å². The molecule has 7 heteroatoms. The van der Waals surface area contributed by atoms with Crippen LogP contribution in [-0.2, 0) is 14.3 Å². The van der Waals surface area contributed by atoms with E-state index in [9.17, 15) is 9.59 Å². The highest BCUT2D eigenvalue weighted by atomic mass is 32.1. The fraction of sp³-hybridized carbons (Fsp3) is 0.421. The molecule has 0 aliphatic heterocycles. The highest BCUT2D eigenvalue weighted by molar-refractivity contribution is 7.15. The summed E-state index contributed by atoms with van der Waals surface area (Å²) >= 11 is 1.41. The average Bonchev–Trinajstić information content (AvgIpc) is 3.04. The SMILES string of the molecule is CCC(C(=O)N(CCOC)CC(=O)Nc1ncc(C)s1)c1ccccc1. The smallest absolute Gasteiger partial charge is 0.245 e. The average molecular weight is 375 g/mol. The molecule has 26 heavy (non-hydrogen) atoms. The maximum absolute atomic E-state index is 13.1. The molecular weight excluding hydrogens is 350 g/mol. The molecule has 2 amide bonds. The van der Waals surface area contributed by atoms with Gasteiger partial charge in [-0.05, 0) is 18.9 Å². The van der Waals surface area contributed by atoms with Gasteiger partial charge in [0, 0.05) is 24.7 Å². The van der Waals surface area contributed by atoms with Crippen molar-refractivity contribution in [3.05, 3.63) is 47.0 Å². The van der Waals surface area contributed by atoms with E-state index in [-0.39, 0.29) is 24.3 Å². The third-order valence-electron chi connectivity index (χ3n) is 3.99. The van der Waals surface area contributed by atoms with Crippen LogP contribution in [0.3, 0.4) is 0 Å². The first-order valence-corrected chi connectivity index (χ1v) is 9.41. The van der Waals surface area contributed by atoms with E-state index in [1.54, 1.807) is 18.2 Å². The van der Waals surface area contributed by atoms with E-state index < -0.39 is 0 Å². The Balaban J connectivity index is 2.09. The van der Waals surface area contributed by atoms with E-state index in [0.29, 0.717) is 24.7 Å². The standard InChI is InChI=1S/C19H25N3O3S/c1-4-16(15-8-6-5-7-9-15)18(24)22(10-11-25-3)13-17(23)21-19-20-12-14(2)26-19/h5-9,12,16H,4,10-11,13H2,1-3H3,(H,20,21,23). The monoisotopic (exact) mass is 375 g/mol. The summed E-state index contributed by atoms with van der Waals surface area (Å²) in [6.07, 6.45) is 2.37. The predicted molar refractivity (Wildman–Crippen MR) is 103 cm³/mol. The molecule has 1 N–H and O–H groups in total. The molecule has 1 heterocycles. The molecule has 1 unspecified atom stereocenters. The highest BCUT2D eigenvalue weighted by Crippen LogP contribution is 2.22. The molecule has 6 nitrogen and oxygen atoms in total. The molecule has 140 valence electrons. The number of carbonyl (C=O) groups is 2. The lowest BCUT2D eigenvalue weighted by Crippen LogP contribution is -2.42. The number of hydrogen-bond acceptors (Lipinski definition) is 5. The molecule has 1 atom stereocenters. The van der Waals surface area contributed by atoms with Gasteiger partial charge in [0.1, 0.15) is 6.54 Å². The van der Waals surface area contributed by atoms with Crippen LogP contribution in [0.25, 0.3) is 0 Å². The number of nitrogens with zero attached hydrogens (tertiary/aromatic N) is 2. The van der Waals surface area contributed by atoms with Gasteiger partial charge in [0.25, 0.3) is 0 Å². The molecule has 1 aromatic carbocycles. The van der Waals surface area contributed by atoms with Gasteiger partial charge in [-0.25, -0.2) is 4.98 Å². The van der Waals surface area contributed by atoms with E-state index in [1.165, 1.54) is 11.3 Å². The second-order valence-corrected chi connectivity index (χ2v) is 7.18. The minimum atomic E-state index is -0.275. The summed E-state index contributed by atoms with van der Waals surface area (Å²) in [5.41, 5.74) is 0.957.